The van der Waals surface area contributed by atoms with E-state index >= 15 is 0 Å². The number of thiazole rings is 1. The summed E-state index contributed by atoms with van der Waals surface area (Å²) in [6.45, 7) is 6.39. The van der Waals surface area contributed by atoms with Crippen LogP contribution >= 0.6 is 11.3 Å². The Morgan fingerprint density at radius 2 is 2.14 bits per heavy atom. The van der Waals surface area contributed by atoms with E-state index in [1.807, 2.05) is 38.3 Å². The minimum atomic E-state index is -0.185. The third-order valence-corrected chi connectivity index (χ3v) is 4.15. The number of pyridine rings is 1. The Kier molecular flexibility index (Phi) is 5.27. The summed E-state index contributed by atoms with van der Waals surface area (Å²) in [5.74, 6) is 0. The molecular formula is C15H20N4OS. The highest BCUT2D eigenvalue weighted by Crippen LogP contribution is 2.20. The van der Waals surface area contributed by atoms with Crippen molar-refractivity contribution in [1.82, 2.24) is 20.6 Å². The largest absolute Gasteiger partial charge is 0.334 e. The van der Waals surface area contributed by atoms with E-state index in [1.54, 1.807) is 17.5 Å². The third-order valence-electron chi connectivity index (χ3n) is 3.07. The lowest BCUT2D eigenvalue weighted by Gasteiger charge is -2.15. The van der Waals surface area contributed by atoms with Gasteiger partial charge in [0.1, 0.15) is 5.01 Å². The van der Waals surface area contributed by atoms with Crippen LogP contribution in [0.3, 0.4) is 0 Å². The quantitative estimate of drug-likeness (QED) is 0.892. The van der Waals surface area contributed by atoms with Gasteiger partial charge in [0.05, 0.1) is 6.04 Å². The molecule has 2 aromatic heterocycles. The van der Waals surface area contributed by atoms with Crippen LogP contribution in [0.4, 0.5) is 4.79 Å². The van der Waals surface area contributed by atoms with Gasteiger partial charge >= 0.3 is 6.03 Å². The van der Waals surface area contributed by atoms with Crippen LogP contribution in [0.5, 0.6) is 0 Å². The molecule has 0 fully saturated rings. The molecule has 0 saturated heterocycles. The van der Waals surface area contributed by atoms with Gasteiger partial charge in [0.2, 0.25) is 0 Å². The average molecular weight is 304 g/mol. The highest BCUT2D eigenvalue weighted by atomic mass is 32.1. The average Bonchev–Trinajstić information content (AvgIpc) is 2.90. The number of amides is 2. The van der Waals surface area contributed by atoms with Crippen LogP contribution < -0.4 is 10.6 Å². The summed E-state index contributed by atoms with van der Waals surface area (Å²) in [7, 11) is 0. The van der Waals surface area contributed by atoms with E-state index in [4.69, 9.17) is 0 Å². The number of carbonyl (C=O) groups is 1. The molecule has 2 rings (SSSR count). The van der Waals surface area contributed by atoms with E-state index in [1.165, 1.54) is 0 Å². The fourth-order valence-corrected chi connectivity index (χ4v) is 2.80. The van der Waals surface area contributed by atoms with Crippen molar-refractivity contribution >= 4 is 17.4 Å². The maximum atomic E-state index is 12.0. The van der Waals surface area contributed by atoms with Crippen molar-refractivity contribution < 1.29 is 4.79 Å². The zero-order valence-corrected chi connectivity index (χ0v) is 13.3. The fraction of sp³-hybridized carbons (Fsp3) is 0.400. The van der Waals surface area contributed by atoms with Crippen LogP contribution in [0.25, 0.3) is 0 Å². The molecule has 2 amide bonds. The lowest BCUT2D eigenvalue weighted by Crippen LogP contribution is -2.37. The topological polar surface area (TPSA) is 66.9 Å². The smallest absolute Gasteiger partial charge is 0.315 e. The SMILES string of the molecule is CC[C@@H](NC(=O)NCc1ccc(C)nc1)c1nc(C)cs1. The molecule has 2 heterocycles. The zero-order chi connectivity index (χ0) is 15.2. The molecule has 0 spiro atoms. The van der Waals surface area contributed by atoms with Crippen molar-refractivity contribution in [2.45, 2.75) is 39.8 Å². The van der Waals surface area contributed by atoms with E-state index in [9.17, 15) is 4.79 Å². The monoisotopic (exact) mass is 304 g/mol. The lowest BCUT2D eigenvalue weighted by atomic mass is 10.2. The molecule has 0 bridgehead atoms. The van der Waals surface area contributed by atoms with Gasteiger partial charge in [0, 0.05) is 29.5 Å². The van der Waals surface area contributed by atoms with E-state index in [-0.39, 0.29) is 12.1 Å². The molecule has 0 unspecified atom stereocenters. The van der Waals surface area contributed by atoms with Crippen LogP contribution in [-0.2, 0) is 6.54 Å². The number of nitrogens with zero attached hydrogens (tertiary/aromatic N) is 2. The van der Waals surface area contributed by atoms with Gasteiger partial charge in [-0.05, 0) is 31.9 Å². The molecule has 21 heavy (non-hydrogen) atoms. The van der Waals surface area contributed by atoms with Crippen molar-refractivity contribution in [2.24, 2.45) is 0 Å². The minimum absolute atomic E-state index is 0.0418. The summed E-state index contributed by atoms with van der Waals surface area (Å²) in [5, 5.41) is 8.74. The molecule has 6 heteroatoms. The first-order valence-electron chi connectivity index (χ1n) is 6.96. The number of hydrogen-bond donors (Lipinski definition) is 2. The Morgan fingerprint density at radius 1 is 1.33 bits per heavy atom. The summed E-state index contributed by atoms with van der Waals surface area (Å²) in [4.78, 5) is 20.6. The van der Waals surface area contributed by atoms with Gasteiger partial charge in [-0.25, -0.2) is 9.78 Å². The summed E-state index contributed by atoms with van der Waals surface area (Å²) in [6.07, 6.45) is 2.59. The summed E-state index contributed by atoms with van der Waals surface area (Å²) >= 11 is 1.58. The van der Waals surface area contributed by atoms with E-state index in [0.29, 0.717) is 6.54 Å². The molecule has 2 aromatic rings. The molecule has 5 nitrogen and oxygen atoms in total. The number of urea groups is 1. The standard InChI is InChI=1S/C15H20N4OS/c1-4-13(14-18-11(3)9-21-14)19-15(20)17-8-12-6-5-10(2)16-7-12/h5-7,9,13H,4,8H2,1-3H3,(H2,17,19,20)/t13-/m1/s1. The first kappa shape index (κ1) is 15.4. The Balaban J connectivity index is 1.87. The van der Waals surface area contributed by atoms with Crippen LogP contribution in [0, 0.1) is 13.8 Å². The first-order chi connectivity index (χ1) is 10.1. The van der Waals surface area contributed by atoms with Gasteiger partial charge in [0.15, 0.2) is 0 Å². The second kappa shape index (κ2) is 7.17. The van der Waals surface area contributed by atoms with E-state index < -0.39 is 0 Å². The van der Waals surface area contributed by atoms with Crippen molar-refractivity contribution in [3.05, 3.63) is 45.7 Å². The molecule has 0 aliphatic carbocycles. The molecule has 1 atom stereocenters. The molecule has 112 valence electrons. The van der Waals surface area contributed by atoms with Crippen LogP contribution in [0.15, 0.2) is 23.7 Å². The summed E-state index contributed by atoms with van der Waals surface area (Å²) in [5.41, 5.74) is 2.93. The molecule has 0 aromatic carbocycles. The normalized spacial score (nSPS) is 12.0. The van der Waals surface area contributed by atoms with Crippen LogP contribution in [-0.4, -0.2) is 16.0 Å². The highest BCUT2D eigenvalue weighted by Gasteiger charge is 2.15. The molecule has 0 radical (unpaired) electrons. The molecule has 0 aliphatic rings. The van der Waals surface area contributed by atoms with Crippen molar-refractivity contribution in [3.8, 4) is 0 Å². The lowest BCUT2D eigenvalue weighted by molar-refractivity contribution is 0.236. The van der Waals surface area contributed by atoms with Gasteiger partial charge in [-0.15, -0.1) is 11.3 Å². The second-order valence-corrected chi connectivity index (χ2v) is 5.81. The Bertz CT molecular complexity index is 594. The predicted octanol–water partition coefficient (Wildman–Crippen LogP) is 3.11. The predicted molar refractivity (Wildman–Crippen MR) is 84.2 cm³/mol. The maximum absolute atomic E-state index is 12.0. The fourth-order valence-electron chi connectivity index (χ4n) is 1.87. The first-order valence-corrected chi connectivity index (χ1v) is 7.84. The Labute approximate surface area is 128 Å². The summed E-state index contributed by atoms with van der Waals surface area (Å²) < 4.78 is 0. The van der Waals surface area contributed by atoms with Crippen LogP contribution in [0.1, 0.15) is 41.3 Å². The second-order valence-electron chi connectivity index (χ2n) is 4.92. The number of hydrogen-bond acceptors (Lipinski definition) is 4. The third kappa shape index (κ3) is 4.53. The van der Waals surface area contributed by atoms with Gasteiger partial charge in [-0.2, -0.15) is 0 Å². The Morgan fingerprint density at radius 3 is 2.71 bits per heavy atom. The van der Waals surface area contributed by atoms with Gasteiger partial charge in [-0.3, -0.25) is 4.98 Å². The number of carbonyl (C=O) groups excluding carboxylic acids is 1. The number of rotatable bonds is 5. The molecule has 2 N–H and O–H groups in total. The zero-order valence-electron chi connectivity index (χ0n) is 12.5. The number of nitrogens with one attached hydrogen (secondary N) is 2. The summed E-state index contributed by atoms with van der Waals surface area (Å²) in [6, 6.07) is 3.67. The van der Waals surface area contributed by atoms with Gasteiger partial charge in [-0.1, -0.05) is 13.0 Å². The van der Waals surface area contributed by atoms with E-state index in [0.717, 1.165) is 28.4 Å². The number of aryl methyl sites for hydroxylation is 2. The van der Waals surface area contributed by atoms with Crippen molar-refractivity contribution in [3.63, 3.8) is 0 Å². The van der Waals surface area contributed by atoms with Crippen molar-refractivity contribution in [1.29, 1.82) is 0 Å². The molecule has 0 aliphatic heterocycles. The van der Waals surface area contributed by atoms with E-state index in [2.05, 4.69) is 20.6 Å². The number of aromatic nitrogens is 2. The molecule has 0 saturated carbocycles. The van der Waals surface area contributed by atoms with Crippen molar-refractivity contribution in [2.75, 3.05) is 0 Å². The maximum Gasteiger partial charge on any atom is 0.315 e. The van der Waals surface area contributed by atoms with Crippen LogP contribution in [0.2, 0.25) is 0 Å². The Hall–Kier alpha value is -1.95. The van der Waals surface area contributed by atoms with Gasteiger partial charge < -0.3 is 10.6 Å². The van der Waals surface area contributed by atoms with Gasteiger partial charge in [0.25, 0.3) is 0 Å². The minimum Gasteiger partial charge on any atom is -0.334 e. The molecular weight excluding hydrogens is 284 g/mol. The highest BCUT2D eigenvalue weighted by molar-refractivity contribution is 7.09.